The third-order valence-corrected chi connectivity index (χ3v) is 6.96. The van der Waals surface area contributed by atoms with E-state index in [4.69, 9.17) is 10.5 Å². The molecule has 0 aromatic carbocycles. The van der Waals surface area contributed by atoms with Gasteiger partial charge in [-0.15, -0.1) is 0 Å². The summed E-state index contributed by atoms with van der Waals surface area (Å²) < 4.78 is 33.8. The molecular weight excluding hydrogens is 278 g/mol. The second-order valence-corrected chi connectivity index (χ2v) is 8.25. The Bertz CT molecular complexity index is 444. The monoisotopic (exact) mass is 303 g/mol. The van der Waals surface area contributed by atoms with E-state index < -0.39 is 10.2 Å². The minimum Gasteiger partial charge on any atom is -0.381 e. The lowest BCUT2D eigenvalue weighted by molar-refractivity contribution is 0.0592. The van der Waals surface area contributed by atoms with Crippen molar-refractivity contribution in [3.63, 3.8) is 0 Å². The second kappa shape index (κ2) is 5.53. The fraction of sp³-hybridized carbons (Fsp3) is 1.00. The van der Waals surface area contributed by atoms with Gasteiger partial charge in [0.25, 0.3) is 10.2 Å². The fourth-order valence-electron chi connectivity index (χ4n) is 3.49. The number of hydrogen-bond donors (Lipinski definition) is 1. The van der Waals surface area contributed by atoms with Gasteiger partial charge in [0.1, 0.15) is 0 Å². The first-order valence-corrected chi connectivity index (χ1v) is 8.95. The molecule has 2 saturated heterocycles. The summed E-state index contributed by atoms with van der Waals surface area (Å²) >= 11 is 0. The van der Waals surface area contributed by atoms with Crippen molar-refractivity contribution in [3.8, 4) is 0 Å². The molecule has 2 N–H and O–H groups in total. The average Bonchev–Trinajstić information content (AvgIpc) is 3.21. The molecule has 3 aliphatic rings. The molecule has 20 heavy (non-hydrogen) atoms. The summed E-state index contributed by atoms with van der Waals surface area (Å²) in [6, 6.07) is 0.00814. The molecule has 2 aliphatic heterocycles. The van der Waals surface area contributed by atoms with Crippen molar-refractivity contribution < 1.29 is 13.2 Å². The maximum atomic E-state index is 12.7. The molecule has 1 saturated carbocycles. The van der Waals surface area contributed by atoms with Crippen molar-refractivity contribution in [2.24, 2.45) is 17.6 Å². The first-order valence-electron chi connectivity index (χ1n) is 7.56. The fourth-order valence-corrected chi connectivity index (χ4v) is 5.21. The van der Waals surface area contributed by atoms with Crippen LogP contribution in [-0.4, -0.2) is 62.5 Å². The molecule has 3 fully saturated rings. The minimum absolute atomic E-state index is 0.00814. The van der Waals surface area contributed by atoms with Crippen molar-refractivity contribution in [1.29, 1.82) is 0 Å². The Balaban J connectivity index is 1.63. The maximum Gasteiger partial charge on any atom is 0.282 e. The van der Waals surface area contributed by atoms with E-state index in [0.717, 1.165) is 12.8 Å². The van der Waals surface area contributed by atoms with Crippen LogP contribution in [0.25, 0.3) is 0 Å². The highest BCUT2D eigenvalue weighted by Crippen LogP contribution is 2.41. The summed E-state index contributed by atoms with van der Waals surface area (Å²) in [6.45, 7) is 2.20. The molecule has 7 heteroatoms. The van der Waals surface area contributed by atoms with Gasteiger partial charge in [-0.05, 0) is 37.5 Å². The standard InChI is InChI=1S/C13H25N3O3S/c1-19-11-4-6-15(7-5-11)20(17,18)16-8-12(10-2-3-10)13(14)9-16/h10-13H,2-9,14H2,1H3. The highest BCUT2D eigenvalue weighted by molar-refractivity contribution is 7.86. The lowest BCUT2D eigenvalue weighted by atomic mass is 9.99. The molecule has 0 spiro atoms. The molecule has 6 nitrogen and oxygen atoms in total. The van der Waals surface area contributed by atoms with E-state index >= 15 is 0 Å². The summed E-state index contributed by atoms with van der Waals surface area (Å²) in [4.78, 5) is 0. The first-order chi connectivity index (χ1) is 9.52. The van der Waals surface area contributed by atoms with Crippen LogP contribution in [0.5, 0.6) is 0 Å². The van der Waals surface area contributed by atoms with Crippen molar-refractivity contribution in [2.45, 2.75) is 37.8 Å². The van der Waals surface area contributed by atoms with Crippen molar-refractivity contribution in [1.82, 2.24) is 8.61 Å². The predicted octanol–water partition coefficient (Wildman–Crippen LogP) is 0.0111. The Morgan fingerprint density at radius 3 is 2.25 bits per heavy atom. The molecule has 116 valence electrons. The van der Waals surface area contributed by atoms with Crippen molar-refractivity contribution in [3.05, 3.63) is 0 Å². The van der Waals surface area contributed by atoms with Crippen LogP contribution in [0.4, 0.5) is 0 Å². The number of nitrogens with zero attached hydrogens (tertiary/aromatic N) is 2. The van der Waals surface area contributed by atoms with E-state index in [1.54, 1.807) is 15.7 Å². The zero-order chi connectivity index (χ0) is 14.3. The Morgan fingerprint density at radius 1 is 1.05 bits per heavy atom. The molecule has 1 aliphatic carbocycles. The van der Waals surface area contributed by atoms with Gasteiger partial charge in [-0.25, -0.2) is 0 Å². The third-order valence-electron chi connectivity index (χ3n) is 4.99. The van der Waals surface area contributed by atoms with Crippen LogP contribution in [0.15, 0.2) is 0 Å². The van der Waals surface area contributed by atoms with Crippen LogP contribution >= 0.6 is 0 Å². The van der Waals surface area contributed by atoms with Crippen LogP contribution in [-0.2, 0) is 14.9 Å². The highest BCUT2D eigenvalue weighted by Gasteiger charge is 2.45. The normalized spacial score (nSPS) is 34.7. The second-order valence-electron chi connectivity index (χ2n) is 6.32. The van der Waals surface area contributed by atoms with E-state index in [0.29, 0.717) is 38.0 Å². The van der Waals surface area contributed by atoms with E-state index in [1.807, 2.05) is 0 Å². The van der Waals surface area contributed by atoms with Gasteiger partial charge in [-0.1, -0.05) is 0 Å². The zero-order valence-electron chi connectivity index (χ0n) is 12.1. The molecule has 2 unspecified atom stereocenters. The quantitative estimate of drug-likeness (QED) is 0.794. The maximum absolute atomic E-state index is 12.7. The molecule has 0 aromatic heterocycles. The summed E-state index contributed by atoms with van der Waals surface area (Å²) in [7, 11) is -1.64. The van der Waals surface area contributed by atoms with Crippen LogP contribution < -0.4 is 5.73 Å². The lowest BCUT2D eigenvalue weighted by Crippen LogP contribution is -2.48. The van der Waals surface area contributed by atoms with Crippen LogP contribution in [0.1, 0.15) is 25.7 Å². The van der Waals surface area contributed by atoms with Gasteiger partial charge in [0, 0.05) is 39.3 Å². The first kappa shape index (κ1) is 14.7. The summed E-state index contributed by atoms with van der Waals surface area (Å²) in [5.74, 6) is 1.02. The average molecular weight is 303 g/mol. The smallest absolute Gasteiger partial charge is 0.282 e. The Labute approximate surface area is 121 Å². The Kier molecular flexibility index (Phi) is 4.07. The van der Waals surface area contributed by atoms with Gasteiger partial charge >= 0.3 is 0 Å². The molecular formula is C13H25N3O3S. The van der Waals surface area contributed by atoms with Crippen molar-refractivity contribution in [2.75, 3.05) is 33.3 Å². The van der Waals surface area contributed by atoms with Gasteiger partial charge < -0.3 is 10.5 Å². The topological polar surface area (TPSA) is 75.9 Å². The Hall–Kier alpha value is -0.210. The highest BCUT2D eigenvalue weighted by atomic mass is 32.2. The molecule has 3 rings (SSSR count). The largest absolute Gasteiger partial charge is 0.381 e. The van der Waals surface area contributed by atoms with Gasteiger partial charge in [-0.2, -0.15) is 17.0 Å². The number of hydrogen-bond acceptors (Lipinski definition) is 4. The number of methoxy groups -OCH3 is 1. The summed E-state index contributed by atoms with van der Waals surface area (Å²) in [5.41, 5.74) is 6.14. The third kappa shape index (κ3) is 2.74. The molecule has 0 bridgehead atoms. The summed E-state index contributed by atoms with van der Waals surface area (Å²) in [5, 5.41) is 0. The van der Waals surface area contributed by atoms with Crippen LogP contribution in [0.3, 0.4) is 0 Å². The van der Waals surface area contributed by atoms with E-state index in [1.165, 1.54) is 12.8 Å². The van der Waals surface area contributed by atoms with Crippen LogP contribution in [0, 0.1) is 11.8 Å². The molecule has 2 heterocycles. The minimum atomic E-state index is -3.33. The van der Waals surface area contributed by atoms with Crippen LogP contribution in [0.2, 0.25) is 0 Å². The number of nitrogens with two attached hydrogens (primary N) is 1. The molecule has 0 radical (unpaired) electrons. The zero-order valence-corrected chi connectivity index (χ0v) is 12.9. The number of piperidine rings is 1. The van der Waals surface area contributed by atoms with Gasteiger partial charge in [0.15, 0.2) is 0 Å². The van der Waals surface area contributed by atoms with Gasteiger partial charge in [0.05, 0.1) is 6.10 Å². The SMILES string of the molecule is COC1CCN(S(=O)(=O)N2CC(N)C(C3CC3)C2)CC1. The van der Waals surface area contributed by atoms with Gasteiger partial charge in [0.2, 0.25) is 0 Å². The number of rotatable bonds is 4. The lowest BCUT2D eigenvalue weighted by Gasteiger charge is -2.33. The van der Waals surface area contributed by atoms with E-state index in [-0.39, 0.29) is 12.1 Å². The van der Waals surface area contributed by atoms with Crippen molar-refractivity contribution >= 4 is 10.2 Å². The Morgan fingerprint density at radius 2 is 1.70 bits per heavy atom. The predicted molar refractivity (Wildman–Crippen MR) is 76.3 cm³/mol. The van der Waals surface area contributed by atoms with E-state index in [9.17, 15) is 8.42 Å². The molecule has 2 atom stereocenters. The molecule has 0 amide bonds. The van der Waals surface area contributed by atoms with E-state index in [2.05, 4.69) is 0 Å². The van der Waals surface area contributed by atoms with Gasteiger partial charge in [-0.3, -0.25) is 0 Å². The number of ether oxygens (including phenoxy) is 1. The molecule has 0 aromatic rings. The summed E-state index contributed by atoms with van der Waals surface area (Å²) in [6.07, 6.45) is 4.18.